The minimum atomic E-state index is -0.483. The van der Waals surface area contributed by atoms with E-state index in [-0.39, 0.29) is 0 Å². The van der Waals surface area contributed by atoms with Crippen LogP contribution >= 0.6 is 0 Å². The third-order valence-corrected chi connectivity index (χ3v) is 2.98. The van der Waals surface area contributed by atoms with E-state index in [4.69, 9.17) is 9.47 Å². The van der Waals surface area contributed by atoms with Gasteiger partial charge in [-0.2, -0.15) is 0 Å². The number of alkyl carbamates (subject to hydrolysis) is 1. The van der Waals surface area contributed by atoms with Gasteiger partial charge in [0.2, 0.25) is 0 Å². The molecule has 0 radical (unpaired) electrons. The average Bonchev–Trinajstić information content (AvgIpc) is 2.47. The summed E-state index contributed by atoms with van der Waals surface area (Å²) in [6, 6.07) is 7.86. The first kappa shape index (κ1) is 19.1. The second-order valence-electron chi connectivity index (χ2n) is 6.44. The molecule has 0 unspecified atom stereocenters. The van der Waals surface area contributed by atoms with Crippen molar-refractivity contribution in [2.45, 2.75) is 52.6 Å². The summed E-state index contributed by atoms with van der Waals surface area (Å²) >= 11 is 0. The van der Waals surface area contributed by atoms with Gasteiger partial charge in [-0.1, -0.05) is 25.8 Å². The molecule has 0 fully saturated rings. The quantitative estimate of drug-likeness (QED) is 0.669. The fraction of sp³-hybridized carbons (Fsp3) is 0.611. The Kier molecular flexibility index (Phi) is 8.30. The summed E-state index contributed by atoms with van der Waals surface area (Å²) in [5.74, 6) is 0.788. The fourth-order valence-corrected chi connectivity index (χ4v) is 1.94. The van der Waals surface area contributed by atoms with Crippen molar-refractivity contribution in [3.8, 4) is 5.75 Å². The molecule has 130 valence electrons. The van der Waals surface area contributed by atoms with E-state index in [2.05, 4.69) is 17.6 Å². The number of benzene rings is 1. The minimum absolute atomic E-state index is 0.401. The highest BCUT2D eigenvalue weighted by molar-refractivity contribution is 5.67. The van der Waals surface area contributed by atoms with Crippen molar-refractivity contribution >= 4 is 11.8 Å². The van der Waals surface area contributed by atoms with Crippen LogP contribution in [-0.4, -0.2) is 31.4 Å². The van der Waals surface area contributed by atoms with Gasteiger partial charge in [0.05, 0.1) is 6.54 Å². The number of ether oxygens (including phenoxy) is 2. The summed E-state index contributed by atoms with van der Waals surface area (Å²) < 4.78 is 10.8. The Balaban J connectivity index is 2.25. The zero-order valence-electron chi connectivity index (χ0n) is 14.8. The number of rotatable bonds is 9. The number of hydrogen-bond donors (Lipinski definition) is 2. The van der Waals surface area contributed by atoms with Gasteiger partial charge in [0, 0.05) is 18.3 Å². The van der Waals surface area contributed by atoms with Crippen LogP contribution in [0.5, 0.6) is 5.75 Å². The van der Waals surface area contributed by atoms with Gasteiger partial charge in [-0.15, -0.1) is 0 Å². The average molecular weight is 322 g/mol. The van der Waals surface area contributed by atoms with Crippen molar-refractivity contribution in [2.75, 3.05) is 25.0 Å². The van der Waals surface area contributed by atoms with Crippen molar-refractivity contribution in [1.29, 1.82) is 0 Å². The molecule has 23 heavy (non-hydrogen) atoms. The number of unbranched alkanes of at least 4 members (excludes halogenated alkanes) is 2. The van der Waals surface area contributed by atoms with Gasteiger partial charge in [0.15, 0.2) is 0 Å². The predicted molar refractivity (Wildman–Crippen MR) is 94.2 cm³/mol. The van der Waals surface area contributed by atoms with Gasteiger partial charge in [-0.3, -0.25) is 0 Å². The molecule has 5 nitrogen and oxygen atoms in total. The molecule has 0 bridgehead atoms. The molecule has 2 N–H and O–H groups in total. The molecule has 1 aromatic rings. The van der Waals surface area contributed by atoms with Gasteiger partial charge >= 0.3 is 6.09 Å². The van der Waals surface area contributed by atoms with Crippen LogP contribution in [-0.2, 0) is 4.74 Å². The Morgan fingerprint density at radius 2 is 1.96 bits per heavy atom. The third kappa shape index (κ3) is 9.66. The predicted octanol–water partition coefficient (Wildman–Crippen LogP) is 4.19. The zero-order chi connectivity index (χ0) is 17.1. The summed E-state index contributed by atoms with van der Waals surface area (Å²) in [7, 11) is 0. The third-order valence-electron chi connectivity index (χ3n) is 2.98. The van der Waals surface area contributed by atoms with E-state index in [0.717, 1.165) is 18.0 Å². The summed E-state index contributed by atoms with van der Waals surface area (Å²) in [5, 5.41) is 6.06. The molecule has 0 aliphatic carbocycles. The van der Waals surface area contributed by atoms with Crippen molar-refractivity contribution < 1.29 is 14.3 Å². The second-order valence-corrected chi connectivity index (χ2v) is 6.44. The van der Waals surface area contributed by atoms with Crippen LogP contribution in [0.4, 0.5) is 10.5 Å². The molecule has 0 heterocycles. The molecule has 0 spiro atoms. The topological polar surface area (TPSA) is 59.6 Å². The lowest BCUT2D eigenvalue weighted by Gasteiger charge is -2.19. The Hall–Kier alpha value is -1.91. The lowest BCUT2D eigenvalue weighted by atomic mass is 10.2. The molecule has 1 rings (SSSR count). The van der Waals surface area contributed by atoms with Crippen molar-refractivity contribution in [1.82, 2.24) is 5.32 Å². The van der Waals surface area contributed by atoms with E-state index in [1.54, 1.807) is 0 Å². The molecule has 0 saturated heterocycles. The molecular weight excluding hydrogens is 292 g/mol. The molecule has 1 amide bonds. The van der Waals surface area contributed by atoms with Gasteiger partial charge in [-0.05, 0) is 39.3 Å². The van der Waals surface area contributed by atoms with Crippen LogP contribution in [0.25, 0.3) is 0 Å². The van der Waals surface area contributed by atoms with Crippen LogP contribution in [0, 0.1) is 0 Å². The van der Waals surface area contributed by atoms with Gasteiger partial charge in [0.1, 0.15) is 18.0 Å². The highest BCUT2D eigenvalue weighted by atomic mass is 16.6. The Labute approximate surface area is 139 Å². The number of nitrogens with one attached hydrogen (secondary N) is 2. The molecule has 0 saturated carbocycles. The summed E-state index contributed by atoms with van der Waals surface area (Å²) in [4.78, 5) is 11.5. The van der Waals surface area contributed by atoms with E-state index in [9.17, 15) is 4.79 Å². The standard InChI is InChI=1S/C18H30N2O3/c1-5-6-7-11-19-15-9-8-10-16(14-15)22-13-12-20-17(21)23-18(2,3)4/h8-10,14,19H,5-7,11-13H2,1-4H3,(H,20,21). The van der Waals surface area contributed by atoms with Crippen LogP contribution < -0.4 is 15.4 Å². The maximum Gasteiger partial charge on any atom is 0.407 e. The molecule has 0 atom stereocenters. The van der Waals surface area contributed by atoms with Crippen molar-refractivity contribution in [3.63, 3.8) is 0 Å². The first-order chi connectivity index (χ1) is 10.9. The summed E-state index contributed by atoms with van der Waals surface area (Å²) in [6.45, 7) is 9.48. The molecule has 0 aliphatic heterocycles. The first-order valence-electron chi connectivity index (χ1n) is 8.34. The van der Waals surface area contributed by atoms with Gasteiger partial charge in [0.25, 0.3) is 0 Å². The minimum Gasteiger partial charge on any atom is -0.492 e. The smallest absolute Gasteiger partial charge is 0.407 e. The number of hydrogen-bond acceptors (Lipinski definition) is 4. The number of anilines is 1. The van der Waals surface area contributed by atoms with Crippen LogP contribution in [0.15, 0.2) is 24.3 Å². The van der Waals surface area contributed by atoms with E-state index in [0.29, 0.717) is 13.2 Å². The Bertz CT molecular complexity index is 470. The maximum absolute atomic E-state index is 11.5. The molecule has 5 heteroatoms. The van der Waals surface area contributed by atoms with Crippen LogP contribution in [0.1, 0.15) is 47.0 Å². The molecule has 1 aromatic carbocycles. The number of amides is 1. The normalized spacial score (nSPS) is 11.0. The largest absolute Gasteiger partial charge is 0.492 e. The second kappa shape index (κ2) is 9.98. The van der Waals surface area contributed by atoms with Crippen molar-refractivity contribution in [2.24, 2.45) is 0 Å². The first-order valence-corrected chi connectivity index (χ1v) is 8.34. The fourth-order valence-electron chi connectivity index (χ4n) is 1.94. The van der Waals surface area contributed by atoms with E-state index >= 15 is 0 Å². The van der Waals surface area contributed by atoms with Crippen LogP contribution in [0.2, 0.25) is 0 Å². The van der Waals surface area contributed by atoms with E-state index in [1.165, 1.54) is 19.3 Å². The summed E-state index contributed by atoms with van der Waals surface area (Å²) in [5.41, 5.74) is 0.571. The van der Waals surface area contributed by atoms with E-state index < -0.39 is 11.7 Å². The van der Waals surface area contributed by atoms with Gasteiger partial charge in [-0.25, -0.2) is 4.79 Å². The van der Waals surface area contributed by atoms with E-state index in [1.807, 2.05) is 45.0 Å². The Morgan fingerprint density at radius 1 is 1.17 bits per heavy atom. The molecule has 0 aromatic heterocycles. The monoisotopic (exact) mass is 322 g/mol. The SMILES string of the molecule is CCCCCNc1cccc(OCCNC(=O)OC(C)(C)C)c1. The highest BCUT2D eigenvalue weighted by Crippen LogP contribution is 2.17. The zero-order valence-corrected chi connectivity index (χ0v) is 14.8. The van der Waals surface area contributed by atoms with Gasteiger partial charge < -0.3 is 20.1 Å². The molecular formula is C18H30N2O3. The number of carbonyl (C=O) groups excluding carboxylic acids is 1. The lowest BCUT2D eigenvalue weighted by Crippen LogP contribution is -2.34. The lowest BCUT2D eigenvalue weighted by molar-refractivity contribution is 0.0520. The summed E-state index contributed by atoms with van der Waals surface area (Å²) in [6.07, 6.45) is 3.20. The van der Waals surface area contributed by atoms with Crippen molar-refractivity contribution in [3.05, 3.63) is 24.3 Å². The maximum atomic E-state index is 11.5. The Morgan fingerprint density at radius 3 is 2.65 bits per heavy atom. The molecule has 0 aliphatic rings. The highest BCUT2D eigenvalue weighted by Gasteiger charge is 2.15. The van der Waals surface area contributed by atoms with Crippen LogP contribution in [0.3, 0.4) is 0 Å². The number of carbonyl (C=O) groups is 1.